The highest BCUT2D eigenvalue weighted by atomic mass is 16.2. The molecule has 4 heteroatoms. The molecule has 1 amide bonds. The number of rotatable bonds is 5. The maximum absolute atomic E-state index is 11.6. The van der Waals surface area contributed by atoms with Gasteiger partial charge >= 0.3 is 0 Å². The van der Waals surface area contributed by atoms with Gasteiger partial charge in [-0.15, -0.1) is 0 Å². The van der Waals surface area contributed by atoms with Gasteiger partial charge in [-0.05, 0) is 37.1 Å². The van der Waals surface area contributed by atoms with Crippen molar-refractivity contribution < 1.29 is 9.90 Å². The van der Waals surface area contributed by atoms with Crippen LogP contribution in [-0.4, -0.2) is 31.7 Å². The first-order valence-electron chi connectivity index (χ1n) is 6.35. The lowest BCUT2D eigenvalue weighted by atomic mass is 9.99. The average molecular weight is 248 g/mol. The Labute approximate surface area is 108 Å². The molecule has 2 rings (SSSR count). The van der Waals surface area contributed by atoms with Crippen molar-refractivity contribution in [3.05, 3.63) is 29.3 Å². The Morgan fingerprint density at radius 1 is 1.50 bits per heavy atom. The summed E-state index contributed by atoms with van der Waals surface area (Å²) in [4.78, 5) is 13.3. The highest BCUT2D eigenvalue weighted by Gasteiger charge is 2.24. The summed E-state index contributed by atoms with van der Waals surface area (Å²) in [5.41, 5.74) is 3.30. The maximum Gasteiger partial charge on any atom is 0.231 e. The third kappa shape index (κ3) is 2.40. The number of nitrogens with one attached hydrogen (secondary N) is 1. The molecule has 0 aromatic heterocycles. The summed E-state index contributed by atoms with van der Waals surface area (Å²) in [7, 11) is 3.74. The first-order valence-corrected chi connectivity index (χ1v) is 6.35. The van der Waals surface area contributed by atoms with Crippen molar-refractivity contribution in [1.82, 2.24) is 5.32 Å². The molecular weight excluding hydrogens is 228 g/mol. The maximum atomic E-state index is 11.6. The lowest BCUT2D eigenvalue weighted by Crippen LogP contribution is -2.20. The molecule has 0 aliphatic carbocycles. The lowest BCUT2D eigenvalue weighted by Gasteiger charge is -2.17. The van der Waals surface area contributed by atoms with Crippen molar-refractivity contribution in [1.29, 1.82) is 0 Å². The van der Waals surface area contributed by atoms with Gasteiger partial charge in [-0.25, -0.2) is 0 Å². The van der Waals surface area contributed by atoms with E-state index in [4.69, 9.17) is 5.11 Å². The van der Waals surface area contributed by atoms with E-state index >= 15 is 0 Å². The van der Waals surface area contributed by atoms with E-state index in [1.54, 1.807) is 4.90 Å². The number of hydrogen-bond donors (Lipinski definition) is 2. The molecule has 4 nitrogen and oxygen atoms in total. The molecular formula is C14H20N2O2. The normalized spacial score (nSPS) is 15.9. The third-order valence-corrected chi connectivity index (χ3v) is 3.58. The number of aliphatic hydroxyl groups is 1. The second-order valence-electron chi connectivity index (χ2n) is 4.72. The van der Waals surface area contributed by atoms with Gasteiger partial charge in [0.15, 0.2) is 0 Å². The summed E-state index contributed by atoms with van der Waals surface area (Å²) in [5, 5.41) is 12.2. The van der Waals surface area contributed by atoms with Gasteiger partial charge in [-0.2, -0.15) is 0 Å². The number of benzene rings is 1. The lowest BCUT2D eigenvalue weighted by molar-refractivity contribution is -0.117. The van der Waals surface area contributed by atoms with Crippen LogP contribution in [0.1, 0.15) is 30.0 Å². The summed E-state index contributed by atoms with van der Waals surface area (Å²) in [6, 6.07) is 6.42. The predicted molar refractivity (Wildman–Crippen MR) is 71.7 cm³/mol. The van der Waals surface area contributed by atoms with Crippen LogP contribution in [0, 0.1) is 0 Å². The largest absolute Gasteiger partial charge is 0.396 e. The van der Waals surface area contributed by atoms with Crippen molar-refractivity contribution in [3.63, 3.8) is 0 Å². The second-order valence-corrected chi connectivity index (χ2v) is 4.72. The molecule has 0 radical (unpaired) electrons. The van der Waals surface area contributed by atoms with E-state index in [1.165, 1.54) is 5.56 Å². The van der Waals surface area contributed by atoms with Crippen LogP contribution < -0.4 is 10.2 Å². The van der Waals surface area contributed by atoms with Crippen molar-refractivity contribution in [2.24, 2.45) is 0 Å². The SMILES string of the molecule is CNC(CCCO)c1ccc2c(c1)CC(=O)N2C. The number of nitrogens with zero attached hydrogens (tertiary/aromatic N) is 1. The van der Waals surface area contributed by atoms with Gasteiger partial charge in [0.1, 0.15) is 0 Å². The predicted octanol–water partition coefficient (Wildman–Crippen LogP) is 1.24. The molecule has 0 fully saturated rings. The van der Waals surface area contributed by atoms with Gasteiger partial charge in [0, 0.05) is 25.4 Å². The summed E-state index contributed by atoms with van der Waals surface area (Å²) >= 11 is 0. The van der Waals surface area contributed by atoms with Gasteiger partial charge in [0.25, 0.3) is 0 Å². The fourth-order valence-corrected chi connectivity index (χ4v) is 2.48. The summed E-state index contributed by atoms with van der Waals surface area (Å²) in [5.74, 6) is 0.151. The van der Waals surface area contributed by atoms with Gasteiger partial charge in [0.2, 0.25) is 5.91 Å². The van der Waals surface area contributed by atoms with Gasteiger partial charge < -0.3 is 15.3 Å². The summed E-state index contributed by atoms with van der Waals surface area (Å²) < 4.78 is 0. The summed E-state index contributed by atoms with van der Waals surface area (Å²) in [6.07, 6.45) is 2.17. The van der Waals surface area contributed by atoms with E-state index in [1.807, 2.05) is 20.2 Å². The number of hydrogen-bond acceptors (Lipinski definition) is 3. The minimum atomic E-state index is 0.151. The van der Waals surface area contributed by atoms with Crippen LogP contribution >= 0.6 is 0 Å². The first-order chi connectivity index (χ1) is 8.67. The molecule has 18 heavy (non-hydrogen) atoms. The number of anilines is 1. The molecule has 1 aromatic rings. The molecule has 98 valence electrons. The van der Waals surface area contributed by atoms with E-state index in [2.05, 4.69) is 17.4 Å². The topological polar surface area (TPSA) is 52.6 Å². The highest BCUT2D eigenvalue weighted by molar-refractivity contribution is 6.00. The molecule has 1 unspecified atom stereocenters. The molecule has 0 saturated carbocycles. The third-order valence-electron chi connectivity index (χ3n) is 3.58. The van der Waals surface area contributed by atoms with E-state index in [0.29, 0.717) is 6.42 Å². The average Bonchev–Trinajstić information content (AvgIpc) is 2.66. The minimum absolute atomic E-state index is 0.151. The number of carbonyl (C=O) groups excluding carboxylic acids is 1. The molecule has 1 aliphatic heterocycles. The number of carbonyl (C=O) groups is 1. The fraction of sp³-hybridized carbons (Fsp3) is 0.500. The first kappa shape index (κ1) is 13.1. The van der Waals surface area contributed by atoms with E-state index in [0.717, 1.165) is 24.1 Å². The van der Waals surface area contributed by atoms with Crippen molar-refractivity contribution >= 4 is 11.6 Å². The quantitative estimate of drug-likeness (QED) is 0.824. The number of aliphatic hydroxyl groups excluding tert-OH is 1. The van der Waals surface area contributed by atoms with E-state index < -0.39 is 0 Å². The number of fused-ring (bicyclic) bond motifs is 1. The van der Waals surface area contributed by atoms with Crippen molar-refractivity contribution in [2.45, 2.75) is 25.3 Å². The van der Waals surface area contributed by atoms with Crippen molar-refractivity contribution in [3.8, 4) is 0 Å². The van der Waals surface area contributed by atoms with Gasteiger partial charge in [-0.3, -0.25) is 4.79 Å². The van der Waals surface area contributed by atoms with Crippen LogP contribution in [0.3, 0.4) is 0 Å². The Kier molecular flexibility index (Phi) is 3.99. The van der Waals surface area contributed by atoms with Crippen molar-refractivity contribution in [2.75, 3.05) is 25.6 Å². The van der Waals surface area contributed by atoms with Gasteiger partial charge in [-0.1, -0.05) is 12.1 Å². The molecule has 2 N–H and O–H groups in total. The van der Waals surface area contributed by atoms with Crippen LogP contribution in [-0.2, 0) is 11.2 Å². The zero-order valence-corrected chi connectivity index (χ0v) is 10.9. The monoisotopic (exact) mass is 248 g/mol. The number of amides is 1. The van der Waals surface area contributed by atoms with Crippen LogP contribution in [0.2, 0.25) is 0 Å². The van der Waals surface area contributed by atoms with Crippen LogP contribution in [0.15, 0.2) is 18.2 Å². The second kappa shape index (κ2) is 5.50. The smallest absolute Gasteiger partial charge is 0.231 e. The number of likely N-dealkylation sites (N-methyl/N-ethyl adjacent to an activating group) is 1. The Morgan fingerprint density at radius 3 is 2.94 bits per heavy atom. The molecule has 0 spiro atoms. The summed E-state index contributed by atoms with van der Waals surface area (Å²) in [6.45, 7) is 0.213. The minimum Gasteiger partial charge on any atom is -0.396 e. The highest BCUT2D eigenvalue weighted by Crippen LogP contribution is 2.31. The molecule has 1 atom stereocenters. The van der Waals surface area contributed by atoms with Crippen LogP contribution in [0.4, 0.5) is 5.69 Å². The zero-order chi connectivity index (χ0) is 13.1. The zero-order valence-electron chi connectivity index (χ0n) is 10.9. The van der Waals surface area contributed by atoms with E-state index in [9.17, 15) is 4.79 Å². The van der Waals surface area contributed by atoms with Crippen LogP contribution in [0.25, 0.3) is 0 Å². The molecule has 1 heterocycles. The molecule has 1 aromatic carbocycles. The molecule has 1 aliphatic rings. The standard InChI is InChI=1S/C14H20N2O2/c1-15-12(4-3-7-17)10-5-6-13-11(8-10)9-14(18)16(13)2/h5-6,8,12,15,17H,3-4,7,9H2,1-2H3. The van der Waals surface area contributed by atoms with Crippen LogP contribution in [0.5, 0.6) is 0 Å². The Bertz CT molecular complexity index is 445. The molecule has 0 bridgehead atoms. The van der Waals surface area contributed by atoms with E-state index in [-0.39, 0.29) is 18.6 Å². The Hall–Kier alpha value is -1.39. The fourth-order valence-electron chi connectivity index (χ4n) is 2.48. The Balaban J connectivity index is 2.21. The Morgan fingerprint density at radius 2 is 2.28 bits per heavy atom. The molecule has 0 saturated heterocycles. The van der Waals surface area contributed by atoms with Gasteiger partial charge in [0.05, 0.1) is 6.42 Å².